The minimum Gasteiger partial charge on any atom is -0.386 e. The molecule has 2 aromatic rings. The van der Waals surface area contributed by atoms with Gasteiger partial charge in [0.25, 0.3) is 0 Å². The summed E-state index contributed by atoms with van der Waals surface area (Å²) in [5.41, 5.74) is 0.935. The number of halogens is 3. The van der Waals surface area contributed by atoms with Gasteiger partial charge in [-0.25, -0.2) is 9.97 Å². The van der Waals surface area contributed by atoms with Gasteiger partial charge < -0.3 is 9.72 Å². The van der Waals surface area contributed by atoms with Crippen molar-refractivity contribution in [1.29, 1.82) is 0 Å². The molecule has 0 aliphatic heterocycles. The zero-order chi connectivity index (χ0) is 13.2. The third kappa shape index (κ3) is 3.27. The number of aromatic nitrogens is 3. The smallest absolute Gasteiger partial charge is 0.386 e. The van der Waals surface area contributed by atoms with Crippen molar-refractivity contribution in [1.82, 2.24) is 15.0 Å². The van der Waals surface area contributed by atoms with Gasteiger partial charge in [-0.05, 0) is 12.1 Å². The van der Waals surface area contributed by atoms with Crippen molar-refractivity contribution in [3.8, 4) is 17.3 Å². The fourth-order valence-electron chi connectivity index (χ4n) is 1.22. The van der Waals surface area contributed by atoms with Crippen molar-refractivity contribution in [2.75, 3.05) is 0 Å². The number of rotatable bonds is 2. The maximum Gasteiger partial charge on any atom is 0.574 e. The molecular formula is C10H6F3N3OS. The molecule has 2 rings (SSSR count). The fourth-order valence-corrected chi connectivity index (χ4v) is 1.41. The van der Waals surface area contributed by atoms with Gasteiger partial charge in [0, 0.05) is 10.7 Å². The number of hydrogen-bond acceptors (Lipinski definition) is 4. The van der Waals surface area contributed by atoms with Gasteiger partial charge in [0.2, 0.25) is 5.88 Å². The van der Waals surface area contributed by atoms with E-state index in [1.807, 2.05) is 0 Å². The van der Waals surface area contributed by atoms with Gasteiger partial charge in [-0.2, -0.15) is 0 Å². The highest BCUT2D eigenvalue weighted by molar-refractivity contribution is 7.71. The third-order valence-corrected chi connectivity index (χ3v) is 2.15. The van der Waals surface area contributed by atoms with Gasteiger partial charge in [0.05, 0.1) is 18.1 Å². The molecule has 2 heterocycles. The molecule has 0 atom stereocenters. The first-order chi connectivity index (χ1) is 8.44. The van der Waals surface area contributed by atoms with Crippen LogP contribution in [0.1, 0.15) is 0 Å². The maximum absolute atomic E-state index is 11.9. The van der Waals surface area contributed by atoms with Crippen molar-refractivity contribution in [3.05, 3.63) is 35.2 Å². The van der Waals surface area contributed by atoms with Crippen LogP contribution in [0.5, 0.6) is 5.88 Å². The minimum absolute atomic E-state index is 0.372. The number of hydrogen-bond donors (Lipinski definition) is 1. The van der Waals surface area contributed by atoms with Crippen molar-refractivity contribution in [2.24, 2.45) is 0 Å². The predicted molar refractivity (Wildman–Crippen MR) is 59.3 cm³/mol. The van der Waals surface area contributed by atoms with E-state index in [4.69, 9.17) is 12.2 Å². The van der Waals surface area contributed by atoms with Crippen molar-refractivity contribution >= 4 is 12.2 Å². The number of nitrogens with one attached hydrogen (secondary N) is 1. The van der Waals surface area contributed by atoms with Crippen LogP contribution in [0, 0.1) is 4.51 Å². The number of aromatic amines is 1. The highest BCUT2D eigenvalue weighted by atomic mass is 32.1. The van der Waals surface area contributed by atoms with Gasteiger partial charge in [0.1, 0.15) is 5.69 Å². The lowest BCUT2D eigenvalue weighted by Crippen LogP contribution is -2.18. The molecule has 0 saturated heterocycles. The van der Waals surface area contributed by atoms with Crippen LogP contribution in [-0.4, -0.2) is 21.3 Å². The molecule has 18 heavy (non-hydrogen) atoms. The molecule has 0 aromatic carbocycles. The first kappa shape index (κ1) is 12.5. The van der Waals surface area contributed by atoms with Gasteiger partial charge in [-0.3, -0.25) is 0 Å². The molecule has 4 nitrogen and oxygen atoms in total. The lowest BCUT2D eigenvalue weighted by Gasteiger charge is -2.07. The SMILES string of the molecule is FC(F)(F)Oc1cnc(-c2cc(=S)cc[nH]2)cn1. The van der Waals surface area contributed by atoms with E-state index in [-0.39, 0.29) is 0 Å². The standard InChI is InChI=1S/C10H6F3N3OS/c11-10(12,13)17-9-5-15-8(4-16-9)7-3-6(18)1-2-14-7/h1-5H,(H,14,18). The van der Waals surface area contributed by atoms with Crippen LogP contribution in [-0.2, 0) is 0 Å². The number of alkyl halides is 3. The Labute approximate surface area is 104 Å². The molecule has 2 aromatic heterocycles. The number of pyridine rings is 1. The molecule has 0 unspecified atom stereocenters. The predicted octanol–water partition coefficient (Wildman–Crippen LogP) is 3.10. The van der Waals surface area contributed by atoms with Crippen molar-refractivity contribution in [3.63, 3.8) is 0 Å². The van der Waals surface area contributed by atoms with E-state index in [0.717, 1.165) is 6.20 Å². The molecule has 0 bridgehead atoms. The summed E-state index contributed by atoms with van der Waals surface area (Å²) in [5, 5.41) is 0. The molecule has 0 aliphatic carbocycles. The summed E-state index contributed by atoms with van der Waals surface area (Å²) in [5.74, 6) is -0.610. The van der Waals surface area contributed by atoms with Crippen LogP contribution in [0.2, 0.25) is 0 Å². The first-order valence-electron chi connectivity index (χ1n) is 4.71. The van der Waals surface area contributed by atoms with E-state index >= 15 is 0 Å². The van der Waals surface area contributed by atoms with Crippen LogP contribution in [0.3, 0.4) is 0 Å². The summed E-state index contributed by atoms with van der Waals surface area (Å²) in [4.78, 5) is 10.2. The largest absolute Gasteiger partial charge is 0.574 e. The lowest BCUT2D eigenvalue weighted by molar-refractivity contribution is -0.276. The summed E-state index contributed by atoms with van der Waals surface area (Å²) < 4.78 is 39.9. The van der Waals surface area contributed by atoms with Crippen LogP contribution < -0.4 is 4.74 Å². The average molecular weight is 273 g/mol. The van der Waals surface area contributed by atoms with Crippen LogP contribution >= 0.6 is 12.2 Å². The summed E-state index contributed by atoms with van der Waals surface area (Å²) in [6.45, 7) is 0. The van der Waals surface area contributed by atoms with E-state index in [0.29, 0.717) is 15.9 Å². The molecule has 94 valence electrons. The summed E-state index contributed by atoms with van der Waals surface area (Å²) in [6, 6.07) is 3.30. The zero-order valence-electron chi connectivity index (χ0n) is 8.73. The molecule has 0 spiro atoms. The highest BCUT2D eigenvalue weighted by Gasteiger charge is 2.31. The number of nitrogens with zero attached hydrogens (tertiary/aromatic N) is 2. The Balaban J connectivity index is 2.25. The molecule has 0 fully saturated rings. The molecule has 0 amide bonds. The Hall–Kier alpha value is -1.96. The first-order valence-corrected chi connectivity index (χ1v) is 5.12. The maximum atomic E-state index is 11.9. The van der Waals surface area contributed by atoms with Crippen molar-refractivity contribution in [2.45, 2.75) is 6.36 Å². The van der Waals surface area contributed by atoms with Crippen LogP contribution in [0.25, 0.3) is 11.4 Å². The molecule has 1 N–H and O–H groups in total. The fraction of sp³-hybridized carbons (Fsp3) is 0.100. The second kappa shape index (κ2) is 4.73. The summed E-state index contributed by atoms with van der Waals surface area (Å²) >= 11 is 4.96. The number of ether oxygens (including phenoxy) is 1. The van der Waals surface area contributed by atoms with E-state index in [1.165, 1.54) is 6.20 Å². The van der Waals surface area contributed by atoms with Crippen LogP contribution in [0.15, 0.2) is 30.7 Å². The molecular weight excluding hydrogens is 267 g/mol. The normalized spacial score (nSPS) is 11.3. The Kier molecular flexibility index (Phi) is 3.28. The van der Waals surface area contributed by atoms with E-state index in [1.54, 1.807) is 18.3 Å². The van der Waals surface area contributed by atoms with Gasteiger partial charge in [-0.1, -0.05) is 12.2 Å². The monoisotopic (exact) mass is 273 g/mol. The van der Waals surface area contributed by atoms with Gasteiger partial charge in [-0.15, -0.1) is 13.2 Å². The molecule has 0 radical (unpaired) electrons. The van der Waals surface area contributed by atoms with E-state index in [9.17, 15) is 13.2 Å². The second-order valence-corrected chi connectivity index (χ2v) is 3.70. The highest BCUT2D eigenvalue weighted by Crippen LogP contribution is 2.21. The lowest BCUT2D eigenvalue weighted by atomic mass is 10.3. The Bertz CT molecular complexity index is 594. The Morgan fingerprint density at radius 3 is 2.56 bits per heavy atom. The molecule has 0 aliphatic rings. The van der Waals surface area contributed by atoms with E-state index < -0.39 is 12.2 Å². The topological polar surface area (TPSA) is 50.8 Å². The molecule has 0 saturated carbocycles. The van der Waals surface area contributed by atoms with Gasteiger partial charge >= 0.3 is 6.36 Å². The Morgan fingerprint density at radius 2 is 2.00 bits per heavy atom. The van der Waals surface area contributed by atoms with E-state index in [2.05, 4.69) is 19.7 Å². The van der Waals surface area contributed by atoms with Gasteiger partial charge in [0.15, 0.2) is 0 Å². The average Bonchev–Trinajstić information content (AvgIpc) is 2.28. The summed E-state index contributed by atoms with van der Waals surface area (Å²) in [6.07, 6.45) is -1.10. The summed E-state index contributed by atoms with van der Waals surface area (Å²) in [7, 11) is 0. The third-order valence-electron chi connectivity index (χ3n) is 1.90. The molecule has 8 heteroatoms. The zero-order valence-corrected chi connectivity index (χ0v) is 9.55. The minimum atomic E-state index is -4.77. The number of H-pyrrole nitrogens is 1. The van der Waals surface area contributed by atoms with Crippen molar-refractivity contribution < 1.29 is 17.9 Å². The van der Waals surface area contributed by atoms with Crippen LogP contribution in [0.4, 0.5) is 13.2 Å². The Morgan fingerprint density at radius 1 is 1.22 bits per heavy atom. The second-order valence-electron chi connectivity index (χ2n) is 3.23. The quantitative estimate of drug-likeness (QED) is 0.854.